The van der Waals surface area contributed by atoms with Gasteiger partial charge < -0.3 is 0 Å². The first-order valence-corrected chi connectivity index (χ1v) is 4.37. The van der Waals surface area contributed by atoms with Gasteiger partial charge in [-0.2, -0.15) is 0 Å². The first-order valence-electron chi connectivity index (χ1n) is 4.37. The van der Waals surface area contributed by atoms with Crippen LogP contribution in [-0.4, -0.2) is 19.5 Å². The maximum Gasteiger partial charge on any atom is 0.0449 e. The molecule has 0 aliphatic carbocycles. The fourth-order valence-electron chi connectivity index (χ4n) is 0.227. The SMILES string of the molecule is C=C(C)N=CC=NC.CC.CC. The minimum atomic E-state index is 0.796. The molecule has 0 fully saturated rings. The van der Waals surface area contributed by atoms with Gasteiger partial charge in [0.2, 0.25) is 0 Å². The lowest BCUT2D eigenvalue weighted by Gasteiger charge is -1.78. The van der Waals surface area contributed by atoms with E-state index in [1.54, 1.807) is 19.5 Å². The first-order chi connectivity index (χ1) is 5.77. The molecule has 0 aromatic carbocycles. The molecule has 12 heavy (non-hydrogen) atoms. The van der Waals surface area contributed by atoms with E-state index in [9.17, 15) is 0 Å². The summed E-state index contributed by atoms with van der Waals surface area (Å²) < 4.78 is 0. The van der Waals surface area contributed by atoms with Gasteiger partial charge in [0, 0.05) is 25.2 Å². The van der Waals surface area contributed by atoms with Gasteiger partial charge in [-0.05, 0) is 6.92 Å². The largest absolute Gasteiger partial charge is 0.295 e. The van der Waals surface area contributed by atoms with E-state index in [-0.39, 0.29) is 0 Å². The zero-order valence-corrected chi connectivity index (χ0v) is 9.26. The fourth-order valence-corrected chi connectivity index (χ4v) is 0.227. The van der Waals surface area contributed by atoms with Gasteiger partial charge in [0.1, 0.15) is 0 Å². The second kappa shape index (κ2) is 22.5. The third-order valence-electron chi connectivity index (χ3n) is 0.511. The van der Waals surface area contributed by atoms with E-state index in [4.69, 9.17) is 0 Å². The van der Waals surface area contributed by atoms with E-state index >= 15 is 0 Å². The second-order valence-electron chi connectivity index (χ2n) is 1.42. The smallest absolute Gasteiger partial charge is 0.0449 e. The minimum absolute atomic E-state index is 0.796. The summed E-state index contributed by atoms with van der Waals surface area (Å²) in [6.07, 6.45) is 3.23. The molecule has 0 N–H and O–H groups in total. The normalized spacial score (nSPS) is 8.50. The third-order valence-corrected chi connectivity index (χ3v) is 0.511. The van der Waals surface area contributed by atoms with Crippen molar-refractivity contribution < 1.29 is 0 Å². The lowest BCUT2D eigenvalue weighted by atomic mass is 10.6. The van der Waals surface area contributed by atoms with Crippen molar-refractivity contribution in [3.8, 4) is 0 Å². The van der Waals surface area contributed by atoms with Crippen molar-refractivity contribution >= 4 is 12.4 Å². The van der Waals surface area contributed by atoms with Crippen LogP contribution in [0.15, 0.2) is 22.3 Å². The molecule has 0 saturated heterocycles. The topological polar surface area (TPSA) is 24.7 Å². The molecule has 0 amide bonds. The zero-order valence-electron chi connectivity index (χ0n) is 9.26. The molecule has 0 spiro atoms. The van der Waals surface area contributed by atoms with Crippen LogP contribution in [0.2, 0.25) is 0 Å². The summed E-state index contributed by atoms with van der Waals surface area (Å²) >= 11 is 0. The highest BCUT2D eigenvalue weighted by molar-refractivity contribution is 6.16. The number of aliphatic imine (C=N–C) groups is 2. The molecule has 0 saturated carbocycles. The average molecular weight is 170 g/mol. The Hall–Kier alpha value is -0.920. The van der Waals surface area contributed by atoms with Crippen LogP contribution in [0.25, 0.3) is 0 Å². The van der Waals surface area contributed by atoms with Gasteiger partial charge >= 0.3 is 0 Å². The fraction of sp³-hybridized carbons (Fsp3) is 0.600. The molecule has 2 nitrogen and oxygen atoms in total. The van der Waals surface area contributed by atoms with Crippen molar-refractivity contribution in [2.24, 2.45) is 9.98 Å². The third kappa shape index (κ3) is 35.6. The van der Waals surface area contributed by atoms with Gasteiger partial charge in [-0.25, -0.2) is 0 Å². The summed E-state index contributed by atoms with van der Waals surface area (Å²) in [5, 5.41) is 0. The van der Waals surface area contributed by atoms with Crippen molar-refractivity contribution in [2.75, 3.05) is 7.05 Å². The zero-order chi connectivity index (χ0) is 10.4. The molecule has 0 aromatic rings. The standard InChI is InChI=1S/C6H10N2.2C2H6/c1-6(2)8-5-4-7-3;2*1-2/h4-5H,1H2,2-3H3;2*1-2H3. The highest BCUT2D eigenvalue weighted by Crippen LogP contribution is 1.82. The molecular formula is C10H22N2. The first kappa shape index (κ1) is 17.2. The quantitative estimate of drug-likeness (QED) is 0.568. The van der Waals surface area contributed by atoms with E-state index in [2.05, 4.69) is 16.6 Å². The van der Waals surface area contributed by atoms with E-state index < -0.39 is 0 Å². The van der Waals surface area contributed by atoms with Gasteiger partial charge in [0.25, 0.3) is 0 Å². The van der Waals surface area contributed by atoms with Gasteiger partial charge in [0.15, 0.2) is 0 Å². The summed E-state index contributed by atoms with van der Waals surface area (Å²) in [6, 6.07) is 0. The Morgan fingerprint density at radius 1 is 1.08 bits per heavy atom. The Bertz CT molecular complexity index is 124. The number of allylic oxidation sites excluding steroid dienone is 1. The van der Waals surface area contributed by atoms with E-state index in [1.165, 1.54) is 0 Å². The van der Waals surface area contributed by atoms with Crippen molar-refractivity contribution in [2.45, 2.75) is 34.6 Å². The maximum absolute atomic E-state index is 3.85. The Morgan fingerprint density at radius 3 is 1.75 bits per heavy atom. The predicted molar refractivity (Wildman–Crippen MR) is 60.4 cm³/mol. The van der Waals surface area contributed by atoms with Gasteiger partial charge in [-0.15, -0.1) is 0 Å². The van der Waals surface area contributed by atoms with Crippen LogP contribution in [0.4, 0.5) is 0 Å². The Kier molecular flexibility index (Phi) is 32.3. The van der Waals surface area contributed by atoms with Crippen molar-refractivity contribution in [1.82, 2.24) is 0 Å². The van der Waals surface area contributed by atoms with E-state index in [0.29, 0.717) is 0 Å². The second-order valence-corrected chi connectivity index (χ2v) is 1.42. The molecule has 0 atom stereocenters. The summed E-state index contributed by atoms with van der Waals surface area (Å²) in [6.45, 7) is 13.4. The summed E-state index contributed by atoms with van der Waals surface area (Å²) in [4.78, 5) is 7.54. The Labute approximate surface area is 77.1 Å². The monoisotopic (exact) mass is 170 g/mol. The maximum atomic E-state index is 3.85. The number of hydrogen-bond donors (Lipinski definition) is 0. The molecular weight excluding hydrogens is 148 g/mol. The van der Waals surface area contributed by atoms with Crippen LogP contribution in [-0.2, 0) is 0 Å². The van der Waals surface area contributed by atoms with Gasteiger partial charge in [-0.3, -0.25) is 9.98 Å². The van der Waals surface area contributed by atoms with Crippen LogP contribution in [0.5, 0.6) is 0 Å². The van der Waals surface area contributed by atoms with E-state index in [1.807, 2.05) is 34.6 Å². The van der Waals surface area contributed by atoms with Crippen LogP contribution >= 0.6 is 0 Å². The molecule has 0 bridgehead atoms. The molecule has 2 heteroatoms. The predicted octanol–water partition coefficient (Wildman–Crippen LogP) is 3.34. The van der Waals surface area contributed by atoms with Gasteiger partial charge in [0.05, 0.1) is 0 Å². The summed E-state index contributed by atoms with van der Waals surface area (Å²) in [5.41, 5.74) is 0.796. The average Bonchev–Trinajstić information content (AvgIpc) is 2.12. The van der Waals surface area contributed by atoms with Crippen LogP contribution < -0.4 is 0 Å². The molecule has 0 aliphatic rings. The molecule has 0 aliphatic heterocycles. The number of rotatable bonds is 2. The molecule has 0 aromatic heterocycles. The van der Waals surface area contributed by atoms with Crippen LogP contribution in [0.1, 0.15) is 34.6 Å². The van der Waals surface area contributed by atoms with Crippen molar-refractivity contribution in [3.05, 3.63) is 12.3 Å². The number of nitrogens with zero attached hydrogens (tertiary/aromatic N) is 2. The highest BCUT2D eigenvalue weighted by atomic mass is 14.7. The highest BCUT2D eigenvalue weighted by Gasteiger charge is 1.67. The van der Waals surface area contributed by atoms with Crippen LogP contribution in [0.3, 0.4) is 0 Å². The Morgan fingerprint density at radius 2 is 1.50 bits per heavy atom. The molecule has 0 rings (SSSR count). The molecule has 0 radical (unpaired) electrons. The van der Waals surface area contributed by atoms with Gasteiger partial charge in [-0.1, -0.05) is 34.3 Å². The van der Waals surface area contributed by atoms with E-state index in [0.717, 1.165) is 5.70 Å². The lowest BCUT2D eigenvalue weighted by molar-refractivity contribution is 1.34. The number of hydrogen-bond acceptors (Lipinski definition) is 2. The molecule has 0 heterocycles. The lowest BCUT2D eigenvalue weighted by Crippen LogP contribution is -1.73. The minimum Gasteiger partial charge on any atom is -0.295 e. The summed E-state index contributed by atoms with van der Waals surface area (Å²) in [5.74, 6) is 0. The van der Waals surface area contributed by atoms with Crippen molar-refractivity contribution in [3.63, 3.8) is 0 Å². The molecule has 0 unspecified atom stereocenters. The molecule has 72 valence electrons. The van der Waals surface area contributed by atoms with Crippen LogP contribution in [0, 0.1) is 0 Å². The van der Waals surface area contributed by atoms with Crippen molar-refractivity contribution in [1.29, 1.82) is 0 Å². The Balaban J connectivity index is -0.000000175. The summed E-state index contributed by atoms with van der Waals surface area (Å²) in [7, 11) is 1.70.